The summed E-state index contributed by atoms with van der Waals surface area (Å²) >= 11 is 7.34. The van der Waals surface area contributed by atoms with Crippen molar-refractivity contribution in [3.05, 3.63) is 70.1 Å². The fraction of sp³-hybridized carbons (Fsp3) is 0.0625. The third-order valence-corrected chi connectivity index (χ3v) is 4.38. The number of hydrogen-bond acceptors (Lipinski definition) is 2. The summed E-state index contributed by atoms with van der Waals surface area (Å²) in [6, 6.07) is 17.4. The molecule has 0 unspecified atom stereocenters. The molecular formula is C16H12ClNOS. The van der Waals surface area contributed by atoms with E-state index < -0.39 is 0 Å². The van der Waals surface area contributed by atoms with Crippen molar-refractivity contribution < 1.29 is 4.79 Å². The van der Waals surface area contributed by atoms with E-state index in [1.807, 2.05) is 54.6 Å². The molecule has 20 heavy (non-hydrogen) atoms. The Morgan fingerprint density at radius 3 is 2.60 bits per heavy atom. The lowest BCUT2D eigenvalue weighted by Crippen LogP contribution is -2.21. The van der Waals surface area contributed by atoms with Crippen LogP contribution in [0, 0.1) is 0 Å². The van der Waals surface area contributed by atoms with Crippen LogP contribution in [-0.2, 0) is 6.54 Å². The number of thiophene rings is 1. The molecule has 0 radical (unpaired) electrons. The van der Waals surface area contributed by atoms with E-state index in [9.17, 15) is 4.79 Å². The van der Waals surface area contributed by atoms with Crippen LogP contribution in [0.4, 0.5) is 0 Å². The van der Waals surface area contributed by atoms with Crippen molar-refractivity contribution in [2.24, 2.45) is 0 Å². The number of hydrogen-bond donors (Lipinski definition) is 1. The van der Waals surface area contributed by atoms with Gasteiger partial charge in [-0.2, -0.15) is 0 Å². The fourth-order valence-electron chi connectivity index (χ4n) is 1.97. The van der Waals surface area contributed by atoms with Gasteiger partial charge in [0.1, 0.15) is 0 Å². The molecule has 3 aromatic rings. The molecule has 0 aliphatic carbocycles. The molecule has 0 saturated heterocycles. The van der Waals surface area contributed by atoms with Crippen LogP contribution in [0.1, 0.15) is 15.2 Å². The van der Waals surface area contributed by atoms with Gasteiger partial charge in [-0.25, -0.2) is 0 Å². The van der Waals surface area contributed by atoms with Gasteiger partial charge in [0.25, 0.3) is 5.91 Å². The first-order chi connectivity index (χ1) is 9.72. The molecule has 0 atom stereocenters. The predicted molar refractivity (Wildman–Crippen MR) is 84.4 cm³/mol. The molecule has 1 heterocycles. The van der Waals surface area contributed by atoms with Crippen LogP contribution >= 0.6 is 22.9 Å². The van der Waals surface area contributed by atoms with Gasteiger partial charge in [-0.1, -0.05) is 41.9 Å². The number of benzene rings is 2. The highest BCUT2D eigenvalue weighted by Gasteiger charge is 2.09. The fourth-order valence-corrected chi connectivity index (χ4v) is 3.07. The number of carbonyl (C=O) groups excluding carboxylic acids is 1. The van der Waals surface area contributed by atoms with Gasteiger partial charge in [0, 0.05) is 16.3 Å². The molecule has 0 aliphatic heterocycles. The van der Waals surface area contributed by atoms with Crippen molar-refractivity contribution in [2.75, 3.05) is 0 Å². The number of rotatable bonds is 3. The molecule has 0 fully saturated rings. The maximum absolute atomic E-state index is 12.1. The van der Waals surface area contributed by atoms with Gasteiger partial charge in [-0.3, -0.25) is 4.79 Å². The summed E-state index contributed by atoms with van der Waals surface area (Å²) in [6.45, 7) is 0.504. The smallest absolute Gasteiger partial charge is 0.261 e. The zero-order valence-electron chi connectivity index (χ0n) is 10.6. The third kappa shape index (κ3) is 2.84. The molecule has 0 aliphatic rings. The van der Waals surface area contributed by atoms with Crippen LogP contribution in [0.3, 0.4) is 0 Å². The Morgan fingerprint density at radius 2 is 1.85 bits per heavy atom. The minimum atomic E-state index is -0.0406. The molecule has 2 nitrogen and oxygen atoms in total. The summed E-state index contributed by atoms with van der Waals surface area (Å²) in [7, 11) is 0. The summed E-state index contributed by atoms with van der Waals surface area (Å²) < 4.78 is 1.13. The van der Waals surface area contributed by atoms with E-state index in [4.69, 9.17) is 11.6 Å². The molecule has 3 rings (SSSR count). The highest BCUT2D eigenvalue weighted by atomic mass is 35.5. The average Bonchev–Trinajstić information content (AvgIpc) is 2.90. The van der Waals surface area contributed by atoms with Crippen molar-refractivity contribution >= 4 is 38.9 Å². The van der Waals surface area contributed by atoms with Gasteiger partial charge in [0.2, 0.25) is 0 Å². The van der Waals surface area contributed by atoms with E-state index >= 15 is 0 Å². The topological polar surface area (TPSA) is 29.1 Å². The SMILES string of the molecule is O=C(NCc1ccc(Cl)cc1)c1cc2ccccc2s1. The Balaban J connectivity index is 1.71. The molecule has 100 valence electrons. The standard InChI is InChI=1S/C16H12ClNOS/c17-13-7-5-11(6-8-13)10-18-16(19)15-9-12-3-1-2-4-14(12)20-15/h1-9H,10H2,(H,18,19). The van der Waals surface area contributed by atoms with E-state index in [0.29, 0.717) is 11.6 Å². The second-order valence-electron chi connectivity index (χ2n) is 4.46. The normalized spacial score (nSPS) is 10.7. The Hall–Kier alpha value is -1.84. The average molecular weight is 302 g/mol. The van der Waals surface area contributed by atoms with Gasteiger partial charge < -0.3 is 5.32 Å². The molecule has 1 aromatic heterocycles. The highest BCUT2D eigenvalue weighted by molar-refractivity contribution is 7.20. The zero-order valence-corrected chi connectivity index (χ0v) is 12.2. The molecule has 0 spiro atoms. The van der Waals surface area contributed by atoms with Crippen LogP contribution in [0.15, 0.2) is 54.6 Å². The van der Waals surface area contributed by atoms with E-state index in [1.165, 1.54) is 11.3 Å². The summed E-state index contributed by atoms with van der Waals surface area (Å²) in [5, 5.41) is 4.73. The molecule has 0 saturated carbocycles. The highest BCUT2D eigenvalue weighted by Crippen LogP contribution is 2.25. The van der Waals surface area contributed by atoms with Gasteiger partial charge in [0.05, 0.1) is 4.88 Å². The molecular weight excluding hydrogens is 290 g/mol. The molecule has 1 N–H and O–H groups in total. The number of halogens is 1. The minimum absolute atomic E-state index is 0.0406. The summed E-state index contributed by atoms with van der Waals surface area (Å²) in [5.41, 5.74) is 1.03. The second-order valence-corrected chi connectivity index (χ2v) is 5.98. The van der Waals surface area contributed by atoms with Crippen LogP contribution in [-0.4, -0.2) is 5.91 Å². The van der Waals surface area contributed by atoms with Crippen LogP contribution in [0.25, 0.3) is 10.1 Å². The van der Waals surface area contributed by atoms with Crippen molar-refractivity contribution in [1.82, 2.24) is 5.32 Å². The summed E-state index contributed by atoms with van der Waals surface area (Å²) in [5.74, 6) is -0.0406. The van der Waals surface area contributed by atoms with E-state index in [1.54, 1.807) is 0 Å². The lowest BCUT2D eigenvalue weighted by molar-refractivity contribution is 0.0955. The number of amides is 1. The Labute approximate surface area is 126 Å². The maximum Gasteiger partial charge on any atom is 0.261 e. The maximum atomic E-state index is 12.1. The van der Waals surface area contributed by atoms with Gasteiger partial charge in [0.15, 0.2) is 0 Å². The van der Waals surface area contributed by atoms with Crippen molar-refractivity contribution in [3.63, 3.8) is 0 Å². The molecule has 2 aromatic carbocycles. The largest absolute Gasteiger partial charge is 0.347 e. The van der Waals surface area contributed by atoms with Crippen LogP contribution in [0.5, 0.6) is 0 Å². The quantitative estimate of drug-likeness (QED) is 0.759. The van der Waals surface area contributed by atoms with E-state index in [2.05, 4.69) is 5.32 Å². The zero-order chi connectivity index (χ0) is 13.9. The minimum Gasteiger partial charge on any atom is -0.347 e. The molecule has 1 amide bonds. The van der Waals surface area contributed by atoms with Crippen molar-refractivity contribution in [3.8, 4) is 0 Å². The predicted octanol–water partition coefficient (Wildman–Crippen LogP) is 4.48. The van der Waals surface area contributed by atoms with Crippen molar-refractivity contribution in [1.29, 1.82) is 0 Å². The number of nitrogens with one attached hydrogen (secondary N) is 1. The van der Waals surface area contributed by atoms with Crippen LogP contribution in [0.2, 0.25) is 5.02 Å². The monoisotopic (exact) mass is 301 g/mol. The Morgan fingerprint density at radius 1 is 1.10 bits per heavy atom. The summed E-state index contributed by atoms with van der Waals surface area (Å²) in [6.07, 6.45) is 0. The molecule has 4 heteroatoms. The van der Waals surface area contributed by atoms with Gasteiger partial charge in [-0.05, 0) is 35.2 Å². The number of fused-ring (bicyclic) bond motifs is 1. The first kappa shape index (κ1) is 13.2. The number of carbonyl (C=O) groups is 1. The van der Waals surface area contributed by atoms with Crippen molar-refractivity contribution in [2.45, 2.75) is 6.54 Å². The van der Waals surface area contributed by atoms with E-state index in [0.717, 1.165) is 20.5 Å². The lowest BCUT2D eigenvalue weighted by atomic mass is 10.2. The van der Waals surface area contributed by atoms with E-state index in [-0.39, 0.29) is 5.91 Å². The first-order valence-electron chi connectivity index (χ1n) is 6.23. The Bertz CT molecular complexity index is 716. The van der Waals surface area contributed by atoms with Gasteiger partial charge >= 0.3 is 0 Å². The third-order valence-electron chi connectivity index (χ3n) is 3.02. The molecule has 0 bridgehead atoms. The first-order valence-corrected chi connectivity index (χ1v) is 7.43. The second kappa shape index (κ2) is 5.65. The van der Waals surface area contributed by atoms with Crippen LogP contribution < -0.4 is 5.32 Å². The summed E-state index contributed by atoms with van der Waals surface area (Å²) in [4.78, 5) is 12.9. The lowest BCUT2D eigenvalue weighted by Gasteiger charge is -2.03. The Kier molecular flexibility index (Phi) is 3.72. The van der Waals surface area contributed by atoms with Gasteiger partial charge in [-0.15, -0.1) is 11.3 Å².